The molecular weight excluding hydrogens is 396 g/mol. The lowest BCUT2D eigenvalue weighted by Crippen LogP contribution is -2.52. The molecule has 158 valence electrons. The third kappa shape index (κ3) is 4.70. The summed E-state index contributed by atoms with van der Waals surface area (Å²) in [5, 5.41) is 3.79. The Morgan fingerprint density at radius 3 is 2.37 bits per heavy atom. The van der Waals surface area contributed by atoms with Crippen molar-refractivity contribution in [3.63, 3.8) is 0 Å². The van der Waals surface area contributed by atoms with Crippen molar-refractivity contribution in [2.24, 2.45) is 5.92 Å². The lowest BCUT2D eigenvalue weighted by Gasteiger charge is -2.46. The summed E-state index contributed by atoms with van der Waals surface area (Å²) in [5.74, 6) is -0.0241. The summed E-state index contributed by atoms with van der Waals surface area (Å²) in [7, 11) is 0. The van der Waals surface area contributed by atoms with Crippen LogP contribution in [0.3, 0.4) is 0 Å². The Morgan fingerprint density at radius 1 is 0.967 bits per heavy atom. The Balaban J connectivity index is 1.57. The van der Waals surface area contributed by atoms with Gasteiger partial charge < -0.3 is 10.2 Å². The molecule has 0 unspecified atom stereocenters. The van der Waals surface area contributed by atoms with E-state index < -0.39 is 0 Å². The van der Waals surface area contributed by atoms with E-state index in [9.17, 15) is 9.59 Å². The predicted molar refractivity (Wildman–Crippen MR) is 119 cm³/mol. The van der Waals surface area contributed by atoms with Crippen molar-refractivity contribution in [1.82, 2.24) is 10.2 Å². The zero-order valence-corrected chi connectivity index (χ0v) is 18.0. The van der Waals surface area contributed by atoms with Crippen LogP contribution >= 0.6 is 11.6 Å². The average molecular weight is 425 g/mol. The number of hydrogen-bond donors (Lipinski definition) is 1. The fraction of sp³-hybridized carbons (Fsp3) is 0.440. The van der Waals surface area contributed by atoms with E-state index in [0.29, 0.717) is 24.4 Å². The number of nitrogens with one attached hydrogen (secondary N) is 1. The number of amides is 2. The van der Waals surface area contributed by atoms with E-state index in [2.05, 4.69) is 22.3 Å². The van der Waals surface area contributed by atoms with Crippen LogP contribution in [-0.4, -0.2) is 22.8 Å². The Bertz CT molecular complexity index is 862. The maximum atomic E-state index is 13.3. The number of nitrogens with zero attached hydrogens (tertiary/aromatic N) is 1. The molecule has 0 aromatic heterocycles. The number of benzene rings is 2. The summed E-state index contributed by atoms with van der Waals surface area (Å²) in [6, 6.07) is 17.6. The minimum atomic E-state index is -0.237. The van der Waals surface area contributed by atoms with E-state index in [1.807, 2.05) is 42.5 Å². The molecule has 2 fully saturated rings. The Hall–Kier alpha value is -2.33. The second-order valence-electron chi connectivity index (χ2n) is 8.44. The Morgan fingerprint density at radius 2 is 1.67 bits per heavy atom. The minimum absolute atomic E-state index is 0.0205. The molecule has 0 spiro atoms. The van der Waals surface area contributed by atoms with Crippen LogP contribution in [0, 0.1) is 5.92 Å². The van der Waals surface area contributed by atoms with Crippen LogP contribution in [0.15, 0.2) is 54.6 Å². The quantitative estimate of drug-likeness (QED) is 0.710. The zero-order valence-electron chi connectivity index (χ0n) is 17.2. The van der Waals surface area contributed by atoms with E-state index in [4.69, 9.17) is 11.6 Å². The highest BCUT2D eigenvalue weighted by Crippen LogP contribution is 2.41. The number of likely N-dealkylation sites (tertiary alicyclic amines) is 1. The minimum Gasteiger partial charge on any atom is -0.352 e. The van der Waals surface area contributed by atoms with Gasteiger partial charge in [-0.1, -0.05) is 73.3 Å². The van der Waals surface area contributed by atoms with Crippen LogP contribution in [-0.2, 0) is 16.1 Å². The molecule has 30 heavy (non-hydrogen) atoms. The molecule has 1 aliphatic heterocycles. The van der Waals surface area contributed by atoms with Gasteiger partial charge in [-0.2, -0.15) is 0 Å². The molecule has 4 rings (SSSR count). The highest BCUT2D eigenvalue weighted by molar-refractivity contribution is 6.30. The molecule has 1 heterocycles. The van der Waals surface area contributed by atoms with Gasteiger partial charge in [-0.25, -0.2) is 0 Å². The van der Waals surface area contributed by atoms with Crippen LogP contribution < -0.4 is 5.32 Å². The van der Waals surface area contributed by atoms with E-state index in [-0.39, 0.29) is 29.8 Å². The summed E-state index contributed by atoms with van der Waals surface area (Å²) in [5.41, 5.74) is 2.07. The van der Waals surface area contributed by atoms with Gasteiger partial charge in [0.25, 0.3) is 0 Å². The van der Waals surface area contributed by atoms with Gasteiger partial charge in [0.2, 0.25) is 11.8 Å². The average Bonchev–Trinajstić information content (AvgIpc) is 2.79. The maximum Gasteiger partial charge on any atom is 0.225 e. The fourth-order valence-corrected chi connectivity index (χ4v) is 5.07. The van der Waals surface area contributed by atoms with E-state index in [1.165, 1.54) is 6.42 Å². The van der Waals surface area contributed by atoms with E-state index in [0.717, 1.165) is 36.8 Å². The largest absolute Gasteiger partial charge is 0.352 e. The van der Waals surface area contributed by atoms with Crippen molar-refractivity contribution >= 4 is 23.4 Å². The molecule has 1 saturated carbocycles. The fourth-order valence-electron chi connectivity index (χ4n) is 4.95. The van der Waals surface area contributed by atoms with Crippen molar-refractivity contribution in [3.8, 4) is 0 Å². The standard InChI is InChI=1S/C25H29ClN2O2/c26-20-13-11-18(12-14-20)17-27-25(30)22-15-16-23(29)28(21-9-5-2-6-10-21)24(22)19-7-3-1-4-8-19/h1,3-4,7-8,11-14,21-22,24H,2,5-6,9-10,15-17H2,(H,27,30)/t22-,24+/m0/s1. The second-order valence-corrected chi connectivity index (χ2v) is 8.87. The summed E-state index contributed by atoms with van der Waals surface area (Å²) >= 11 is 5.96. The number of piperidine rings is 1. The van der Waals surface area contributed by atoms with Gasteiger partial charge >= 0.3 is 0 Å². The third-order valence-corrected chi connectivity index (χ3v) is 6.72. The number of rotatable bonds is 5. The lowest BCUT2D eigenvalue weighted by atomic mass is 9.80. The van der Waals surface area contributed by atoms with Crippen molar-refractivity contribution in [2.45, 2.75) is 63.6 Å². The first-order valence-corrected chi connectivity index (χ1v) is 11.4. The first kappa shape index (κ1) is 20.9. The number of carbonyl (C=O) groups excluding carboxylic acids is 2. The van der Waals surface area contributed by atoms with Gasteiger partial charge in [0.15, 0.2) is 0 Å². The van der Waals surface area contributed by atoms with Gasteiger partial charge in [0.1, 0.15) is 0 Å². The van der Waals surface area contributed by atoms with Gasteiger partial charge in [-0.3, -0.25) is 9.59 Å². The number of hydrogen-bond acceptors (Lipinski definition) is 2. The smallest absolute Gasteiger partial charge is 0.225 e. The molecule has 5 heteroatoms. The monoisotopic (exact) mass is 424 g/mol. The Labute approximate surface area is 183 Å². The highest BCUT2D eigenvalue weighted by Gasteiger charge is 2.43. The summed E-state index contributed by atoms with van der Waals surface area (Å²) in [6.07, 6.45) is 6.65. The molecule has 1 N–H and O–H groups in total. The molecular formula is C25H29ClN2O2. The molecule has 1 aliphatic carbocycles. The zero-order chi connectivity index (χ0) is 20.9. The van der Waals surface area contributed by atoms with Crippen LogP contribution in [0.4, 0.5) is 0 Å². The number of halogens is 1. The SMILES string of the molecule is O=C(NCc1ccc(Cl)cc1)[C@H]1CCC(=O)N(C2CCCCC2)[C@@H]1c1ccccc1. The molecule has 1 saturated heterocycles. The molecule has 2 amide bonds. The first-order valence-electron chi connectivity index (χ1n) is 11.0. The summed E-state index contributed by atoms with van der Waals surface area (Å²) in [4.78, 5) is 28.4. The normalized spacial score (nSPS) is 22.7. The van der Waals surface area contributed by atoms with Crippen LogP contribution in [0.25, 0.3) is 0 Å². The molecule has 2 aliphatic rings. The predicted octanol–water partition coefficient (Wildman–Crippen LogP) is 5.27. The summed E-state index contributed by atoms with van der Waals surface area (Å²) < 4.78 is 0. The van der Waals surface area contributed by atoms with Gasteiger partial charge in [-0.05, 0) is 42.5 Å². The maximum absolute atomic E-state index is 13.3. The number of carbonyl (C=O) groups is 2. The van der Waals surface area contributed by atoms with Gasteiger partial charge in [0.05, 0.1) is 12.0 Å². The first-order chi connectivity index (χ1) is 14.6. The third-order valence-electron chi connectivity index (χ3n) is 6.46. The molecule has 2 atom stereocenters. The second kappa shape index (κ2) is 9.65. The molecule has 0 radical (unpaired) electrons. The molecule has 4 nitrogen and oxygen atoms in total. The van der Waals surface area contributed by atoms with Crippen molar-refractivity contribution in [2.75, 3.05) is 0 Å². The van der Waals surface area contributed by atoms with Crippen LogP contribution in [0.1, 0.15) is 62.1 Å². The lowest BCUT2D eigenvalue weighted by molar-refractivity contribution is -0.147. The Kier molecular flexibility index (Phi) is 6.73. The molecule has 2 aromatic rings. The highest BCUT2D eigenvalue weighted by atomic mass is 35.5. The molecule has 0 bridgehead atoms. The van der Waals surface area contributed by atoms with Crippen molar-refractivity contribution < 1.29 is 9.59 Å². The van der Waals surface area contributed by atoms with Crippen LogP contribution in [0.2, 0.25) is 5.02 Å². The molecule has 2 aromatic carbocycles. The van der Waals surface area contributed by atoms with E-state index in [1.54, 1.807) is 0 Å². The topological polar surface area (TPSA) is 49.4 Å². The van der Waals surface area contributed by atoms with Crippen LogP contribution in [0.5, 0.6) is 0 Å². The van der Waals surface area contributed by atoms with Crippen molar-refractivity contribution in [1.29, 1.82) is 0 Å². The van der Waals surface area contributed by atoms with Crippen molar-refractivity contribution in [3.05, 3.63) is 70.7 Å². The van der Waals surface area contributed by atoms with Gasteiger partial charge in [0, 0.05) is 24.0 Å². The van der Waals surface area contributed by atoms with Gasteiger partial charge in [-0.15, -0.1) is 0 Å². The van der Waals surface area contributed by atoms with E-state index >= 15 is 0 Å². The summed E-state index contributed by atoms with van der Waals surface area (Å²) in [6.45, 7) is 0.464.